The van der Waals surface area contributed by atoms with E-state index in [9.17, 15) is 4.79 Å². The summed E-state index contributed by atoms with van der Waals surface area (Å²) in [6, 6.07) is 12.3. The Morgan fingerprint density at radius 3 is 3.11 bits per heavy atom. The van der Waals surface area contributed by atoms with Gasteiger partial charge in [-0.25, -0.2) is 4.98 Å². The summed E-state index contributed by atoms with van der Waals surface area (Å²) in [5.41, 5.74) is 2.57. The van der Waals surface area contributed by atoms with Crippen LogP contribution in [0.2, 0.25) is 0 Å². The molecule has 1 aliphatic rings. The molecule has 1 unspecified atom stereocenters. The lowest BCUT2D eigenvalue weighted by atomic mass is 10.2. The predicted octanol–water partition coefficient (Wildman–Crippen LogP) is 3.85. The molecule has 1 aromatic carbocycles. The third kappa shape index (κ3) is 2.94. The van der Waals surface area contributed by atoms with Crippen LogP contribution >= 0.6 is 11.3 Å². The highest BCUT2D eigenvalue weighted by Gasteiger charge is 2.33. The van der Waals surface area contributed by atoms with Crippen molar-refractivity contribution in [2.24, 2.45) is 0 Å². The van der Waals surface area contributed by atoms with Crippen LogP contribution in [0.3, 0.4) is 0 Å². The van der Waals surface area contributed by atoms with Gasteiger partial charge in [-0.05, 0) is 36.4 Å². The highest BCUT2D eigenvalue weighted by atomic mass is 32.1. The molecule has 27 heavy (non-hydrogen) atoms. The predicted molar refractivity (Wildman–Crippen MR) is 105 cm³/mol. The lowest BCUT2D eigenvalue weighted by Crippen LogP contribution is -2.30. The molecule has 0 saturated carbocycles. The van der Waals surface area contributed by atoms with Gasteiger partial charge in [-0.1, -0.05) is 18.2 Å². The Hall–Kier alpha value is -2.93. The first-order valence-corrected chi connectivity index (χ1v) is 9.96. The van der Waals surface area contributed by atoms with Crippen LogP contribution in [0.25, 0.3) is 10.9 Å². The van der Waals surface area contributed by atoms with Crippen molar-refractivity contribution < 1.29 is 4.79 Å². The number of nitrogens with one attached hydrogen (secondary N) is 1. The minimum Gasteiger partial charge on any atom is -0.341 e. The topological polar surface area (TPSA) is 66.8 Å². The number of aromatic amines is 1. The van der Waals surface area contributed by atoms with Gasteiger partial charge >= 0.3 is 0 Å². The first-order valence-electron chi connectivity index (χ1n) is 9.08. The second kappa shape index (κ2) is 6.66. The molecule has 1 aliphatic heterocycles. The Balaban J connectivity index is 1.36. The van der Waals surface area contributed by atoms with E-state index >= 15 is 0 Å². The Bertz CT molecular complexity index is 1080. The van der Waals surface area contributed by atoms with E-state index < -0.39 is 0 Å². The number of rotatable bonds is 4. The number of likely N-dealkylation sites (tertiary alicyclic amines) is 1. The normalized spacial score (nSPS) is 17.0. The molecule has 0 spiro atoms. The monoisotopic (exact) mass is 377 g/mol. The van der Waals surface area contributed by atoms with E-state index in [0.717, 1.165) is 30.1 Å². The number of para-hydroxylation sites is 1. The van der Waals surface area contributed by atoms with Gasteiger partial charge in [-0.3, -0.25) is 9.89 Å². The van der Waals surface area contributed by atoms with Crippen LogP contribution in [-0.2, 0) is 6.54 Å². The number of carbonyl (C=O) groups excluding carboxylic acids is 1. The van der Waals surface area contributed by atoms with E-state index in [0.29, 0.717) is 12.2 Å². The highest BCUT2D eigenvalue weighted by Crippen LogP contribution is 2.33. The zero-order chi connectivity index (χ0) is 18.2. The third-order valence-corrected chi connectivity index (χ3v) is 6.00. The highest BCUT2D eigenvalue weighted by molar-refractivity contribution is 7.09. The largest absolute Gasteiger partial charge is 0.341 e. The van der Waals surface area contributed by atoms with Crippen LogP contribution in [0.5, 0.6) is 0 Å². The molecule has 1 saturated heterocycles. The van der Waals surface area contributed by atoms with Gasteiger partial charge < -0.3 is 9.47 Å². The van der Waals surface area contributed by atoms with Crippen molar-refractivity contribution in [1.29, 1.82) is 0 Å². The van der Waals surface area contributed by atoms with Crippen molar-refractivity contribution in [3.05, 3.63) is 70.6 Å². The number of H-pyrrole nitrogens is 1. The smallest absolute Gasteiger partial charge is 0.274 e. The van der Waals surface area contributed by atoms with E-state index in [4.69, 9.17) is 0 Å². The van der Waals surface area contributed by atoms with Gasteiger partial charge in [0.15, 0.2) is 0 Å². The summed E-state index contributed by atoms with van der Waals surface area (Å²) in [7, 11) is 0. The zero-order valence-electron chi connectivity index (χ0n) is 14.7. The molecule has 1 amide bonds. The fourth-order valence-electron chi connectivity index (χ4n) is 3.83. The van der Waals surface area contributed by atoms with Gasteiger partial charge in [0, 0.05) is 29.8 Å². The van der Waals surface area contributed by atoms with E-state index in [1.807, 2.05) is 28.5 Å². The summed E-state index contributed by atoms with van der Waals surface area (Å²) in [6.45, 7) is 1.41. The molecule has 1 N–H and O–H groups in total. The average Bonchev–Trinajstić information content (AvgIpc) is 3.47. The number of amides is 1. The maximum atomic E-state index is 13.0. The molecular formula is C20H19N5OS. The van der Waals surface area contributed by atoms with Crippen LogP contribution in [0.4, 0.5) is 0 Å². The molecular weight excluding hydrogens is 358 g/mol. The summed E-state index contributed by atoms with van der Waals surface area (Å²) in [6.07, 6.45) is 5.83. The summed E-state index contributed by atoms with van der Waals surface area (Å²) in [5, 5.41) is 11.5. The quantitative estimate of drug-likeness (QED) is 0.587. The molecule has 5 rings (SSSR count). The molecule has 3 aromatic heterocycles. The number of hydrogen-bond acceptors (Lipinski definition) is 4. The summed E-state index contributed by atoms with van der Waals surface area (Å²) >= 11 is 1.61. The fraction of sp³-hybridized carbons (Fsp3) is 0.250. The van der Waals surface area contributed by atoms with Gasteiger partial charge in [-0.15, -0.1) is 11.3 Å². The van der Waals surface area contributed by atoms with Crippen LogP contribution in [-0.4, -0.2) is 37.1 Å². The Kier molecular flexibility index (Phi) is 4.01. The van der Waals surface area contributed by atoms with Crippen molar-refractivity contribution >= 4 is 28.1 Å². The molecule has 0 bridgehead atoms. The van der Waals surface area contributed by atoms with Gasteiger partial charge in [0.05, 0.1) is 18.3 Å². The molecule has 136 valence electrons. The number of carbonyl (C=O) groups is 1. The number of hydrogen-bond donors (Lipinski definition) is 1. The maximum Gasteiger partial charge on any atom is 0.274 e. The first kappa shape index (κ1) is 16.3. The summed E-state index contributed by atoms with van der Waals surface area (Å²) < 4.78 is 2.16. The Morgan fingerprint density at radius 2 is 2.22 bits per heavy atom. The molecule has 7 heteroatoms. The Morgan fingerprint density at radius 1 is 1.30 bits per heavy atom. The van der Waals surface area contributed by atoms with Gasteiger partial charge in [0.25, 0.3) is 5.91 Å². The number of benzene rings is 1. The molecule has 1 fully saturated rings. The van der Waals surface area contributed by atoms with Crippen LogP contribution in [0.15, 0.2) is 54.2 Å². The third-order valence-electron chi connectivity index (χ3n) is 5.12. The molecule has 4 aromatic rings. The van der Waals surface area contributed by atoms with Gasteiger partial charge in [0.2, 0.25) is 0 Å². The van der Waals surface area contributed by atoms with Crippen molar-refractivity contribution in [3.8, 4) is 0 Å². The number of fused-ring (bicyclic) bond motifs is 1. The first-order chi connectivity index (χ1) is 13.3. The van der Waals surface area contributed by atoms with E-state index in [1.165, 1.54) is 10.9 Å². The van der Waals surface area contributed by atoms with Crippen LogP contribution in [0.1, 0.15) is 40.1 Å². The van der Waals surface area contributed by atoms with Crippen LogP contribution < -0.4 is 0 Å². The van der Waals surface area contributed by atoms with Crippen molar-refractivity contribution in [2.75, 3.05) is 6.54 Å². The van der Waals surface area contributed by atoms with E-state index in [2.05, 4.69) is 44.1 Å². The number of thiazole rings is 1. The molecule has 0 aliphatic carbocycles. The Labute approximate surface area is 160 Å². The van der Waals surface area contributed by atoms with Crippen molar-refractivity contribution in [1.82, 2.24) is 24.6 Å². The van der Waals surface area contributed by atoms with Crippen molar-refractivity contribution in [3.63, 3.8) is 0 Å². The number of nitrogens with zero attached hydrogens (tertiary/aromatic N) is 4. The minimum absolute atomic E-state index is 0.0208. The lowest BCUT2D eigenvalue weighted by Gasteiger charge is -2.21. The average molecular weight is 377 g/mol. The van der Waals surface area contributed by atoms with E-state index in [-0.39, 0.29) is 11.9 Å². The van der Waals surface area contributed by atoms with E-state index in [1.54, 1.807) is 17.5 Å². The lowest BCUT2D eigenvalue weighted by molar-refractivity contribution is 0.0729. The van der Waals surface area contributed by atoms with Crippen LogP contribution in [0, 0.1) is 0 Å². The molecule has 0 radical (unpaired) electrons. The second-order valence-corrected chi connectivity index (χ2v) is 7.73. The van der Waals surface area contributed by atoms with Gasteiger partial charge in [0.1, 0.15) is 10.7 Å². The summed E-state index contributed by atoms with van der Waals surface area (Å²) in [5.74, 6) is -0.0208. The van der Waals surface area contributed by atoms with Crippen molar-refractivity contribution in [2.45, 2.75) is 25.4 Å². The summed E-state index contributed by atoms with van der Waals surface area (Å²) in [4.78, 5) is 19.3. The molecule has 1 atom stereocenters. The maximum absolute atomic E-state index is 13.0. The minimum atomic E-state index is -0.0208. The second-order valence-electron chi connectivity index (χ2n) is 6.81. The molecule has 6 nitrogen and oxygen atoms in total. The van der Waals surface area contributed by atoms with Gasteiger partial charge in [-0.2, -0.15) is 5.10 Å². The fourth-order valence-corrected chi connectivity index (χ4v) is 4.61. The molecule has 4 heterocycles. The standard InChI is InChI=1S/C20H19N5OS/c26-20(25-9-3-6-18(25)19-21-8-11-27-19)16-12-15(22-23-16)13-24-10-7-14-4-1-2-5-17(14)24/h1-2,4-5,7-8,10-12,18H,3,6,9,13H2,(H,22,23). The SMILES string of the molecule is O=C(c1cc(Cn2ccc3ccccc32)[nH]n1)N1CCCC1c1nccs1. The zero-order valence-corrected chi connectivity index (χ0v) is 15.5. The number of aromatic nitrogens is 4.